The second-order valence-corrected chi connectivity index (χ2v) is 3.09. The Labute approximate surface area is 166 Å². The number of phosphoric ester groups is 1. The molecule has 0 aromatic heterocycles. The van der Waals surface area contributed by atoms with Crippen molar-refractivity contribution in [3.05, 3.63) is 0 Å². The van der Waals surface area contributed by atoms with E-state index in [1.165, 1.54) is 0 Å². The van der Waals surface area contributed by atoms with Crippen LogP contribution in [0.5, 0.6) is 0 Å². The summed E-state index contributed by atoms with van der Waals surface area (Å²) in [6, 6.07) is 0. The van der Waals surface area contributed by atoms with Gasteiger partial charge in [0.1, 0.15) is 12.2 Å². The van der Waals surface area contributed by atoms with Crippen molar-refractivity contribution < 1.29 is 137 Å². The van der Waals surface area contributed by atoms with Crippen LogP contribution >= 0.6 is 7.82 Å². The molecule has 72 valence electrons. The van der Waals surface area contributed by atoms with Crippen molar-refractivity contribution in [3.63, 3.8) is 0 Å². The SMILES string of the molecule is O=C[C@H](O)[C@H](O)COP(=O)([O-])[O-].[K+].[K+]. The fraction of sp³-hybridized carbons (Fsp3) is 0.750. The van der Waals surface area contributed by atoms with Gasteiger partial charge in [-0.15, -0.1) is 0 Å². The van der Waals surface area contributed by atoms with E-state index in [2.05, 4.69) is 4.52 Å². The van der Waals surface area contributed by atoms with Crippen molar-refractivity contribution in [2.24, 2.45) is 0 Å². The zero-order valence-electron chi connectivity index (χ0n) is 7.82. The summed E-state index contributed by atoms with van der Waals surface area (Å²) in [7, 11) is -5.16. The van der Waals surface area contributed by atoms with Crippen LogP contribution in [0.2, 0.25) is 0 Å². The number of aliphatic hydroxyl groups excluding tert-OH is 2. The Hall–Kier alpha value is 2.97. The molecular weight excluding hydrogens is 269 g/mol. The molecule has 0 heterocycles. The van der Waals surface area contributed by atoms with E-state index in [1.807, 2.05) is 0 Å². The maximum Gasteiger partial charge on any atom is 1.00 e. The number of phosphoric acid groups is 1. The molecule has 0 unspecified atom stereocenters. The molecule has 0 aliphatic carbocycles. The zero-order valence-corrected chi connectivity index (χ0v) is 15.0. The van der Waals surface area contributed by atoms with Gasteiger partial charge in [0, 0.05) is 0 Å². The first-order chi connectivity index (χ1) is 5.37. The van der Waals surface area contributed by atoms with Crippen LogP contribution in [0.15, 0.2) is 0 Å². The van der Waals surface area contributed by atoms with E-state index in [0.717, 1.165) is 0 Å². The Bertz CT molecular complexity index is 194. The van der Waals surface area contributed by atoms with Gasteiger partial charge in [-0.2, -0.15) is 0 Å². The first-order valence-corrected chi connectivity index (χ1v) is 4.31. The van der Waals surface area contributed by atoms with Gasteiger partial charge >= 0.3 is 103 Å². The van der Waals surface area contributed by atoms with E-state index in [0.29, 0.717) is 0 Å². The maximum absolute atomic E-state index is 9.82. The number of carbonyl (C=O) groups excluding carboxylic acids is 1. The van der Waals surface area contributed by atoms with Gasteiger partial charge in [-0.25, -0.2) is 0 Å². The molecule has 0 aliphatic heterocycles. The largest absolute Gasteiger partial charge is 1.00 e. The average Bonchev–Trinajstić information content (AvgIpc) is 1.97. The minimum Gasteiger partial charge on any atom is -0.790 e. The minimum atomic E-state index is -5.16. The first-order valence-electron chi connectivity index (χ1n) is 2.85. The summed E-state index contributed by atoms with van der Waals surface area (Å²) in [5, 5.41) is 17.2. The van der Waals surface area contributed by atoms with Crippen molar-refractivity contribution in [1.29, 1.82) is 0 Å². The first kappa shape index (κ1) is 22.2. The molecule has 0 radical (unpaired) electrons. The Kier molecular flexibility index (Phi) is 17.6. The van der Waals surface area contributed by atoms with Crippen molar-refractivity contribution >= 4 is 14.1 Å². The van der Waals surface area contributed by atoms with Crippen LogP contribution in [-0.2, 0) is 13.9 Å². The van der Waals surface area contributed by atoms with Crippen LogP contribution in [0, 0.1) is 0 Å². The summed E-state index contributed by atoms with van der Waals surface area (Å²) < 4.78 is 13.4. The monoisotopic (exact) mass is 276 g/mol. The van der Waals surface area contributed by atoms with E-state index >= 15 is 0 Å². The molecule has 10 heteroatoms. The van der Waals surface area contributed by atoms with Gasteiger partial charge in [0.25, 0.3) is 0 Å². The van der Waals surface area contributed by atoms with Crippen LogP contribution in [0.1, 0.15) is 0 Å². The fourth-order valence-electron chi connectivity index (χ4n) is 0.357. The molecule has 14 heavy (non-hydrogen) atoms. The van der Waals surface area contributed by atoms with Crippen molar-refractivity contribution in [1.82, 2.24) is 0 Å². The predicted octanol–water partition coefficient (Wildman–Crippen LogP) is -9.24. The number of rotatable bonds is 5. The van der Waals surface area contributed by atoms with Crippen LogP contribution in [0.3, 0.4) is 0 Å². The topological polar surface area (TPSA) is 130 Å². The molecule has 0 amide bonds. The summed E-state index contributed by atoms with van der Waals surface area (Å²) in [4.78, 5) is 29.4. The Morgan fingerprint density at radius 1 is 1.36 bits per heavy atom. The zero-order chi connectivity index (χ0) is 9.78. The Balaban J connectivity index is -0.000000605. The van der Waals surface area contributed by atoms with E-state index in [-0.39, 0.29) is 109 Å². The van der Waals surface area contributed by atoms with Crippen molar-refractivity contribution in [3.8, 4) is 0 Å². The van der Waals surface area contributed by atoms with Gasteiger partial charge in [-0.3, -0.25) is 0 Å². The smallest absolute Gasteiger partial charge is 0.790 e. The van der Waals surface area contributed by atoms with E-state index in [9.17, 15) is 19.1 Å². The molecule has 0 aromatic carbocycles. The number of aldehydes is 1. The normalized spacial score (nSPS) is 14.6. The molecule has 0 bridgehead atoms. The van der Waals surface area contributed by atoms with Gasteiger partial charge in [0.15, 0.2) is 6.29 Å². The van der Waals surface area contributed by atoms with Gasteiger partial charge < -0.3 is 33.9 Å². The standard InChI is InChI=1S/C4H9O7P.2K/c5-1-3(6)4(7)2-11-12(8,9)10;;/h1,3-4,6-7H,2H2,(H2,8,9,10);;/q;2*+1/p-2/t3-,4+;;/m0../s1. The van der Waals surface area contributed by atoms with E-state index in [1.54, 1.807) is 0 Å². The molecule has 0 rings (SSSR count). The van der Waals surface area contributed by atoms with Gasteiger partial charge in [-0.1, -0.05) is 0 Å². The van der Waals surface area contributed by atoms with Gasteiger partial charge in [0.05, 0.1) is 14.4 Å². The summed E-state index contributed by atoms with van der Waals surface area (Å²) >= 11 is 0. The quantitative estimate of drug-likeness (QED) is 0.289. The fourth-order valence-corrected chi connectivity index (χ4v) is 0.692. The van der Waals surface area contributed by atoms with E-state index < -0.39 is 26.6 Å². The number of hydrogen-bond donors (Lipinski definition) is 2. The Morgan fingerprint density at radius 2 is 1.79 bits per heavy atom. The molecule has 0 aromatic rings. The third-order valence-corrected chi connectivity index (χ3v) is 1.40. The molecule has 0 spiro atoms. The van der Waals surface area contributed by atoms with Crippen LogP contribution in [0.25, 0.3) is 0 Å². The van der Waals surface area contributed by atoms with Crippen molar-refractivity contribution in [2.45, 2.75) is 12.2 Å². The molecule has 0 aliphatic rings. The van der Waals surface area contributed by atoms with Gasteiger partial charge in [-0.05, 0) is 0 Å². The molecule has 2 atom stereocenters. The molecule has 0 saturated heterocycles. The Morgan fingerprint density at radius 3 is 2.07 bits per heavy atom. The van der Waals surface area contributed by atoms with Crippen LogP contribution in [0.4, 0.5) is 0 Å². The average molecular weight is 276 g/mol. The van der Waals surface area contributed by atoms with Gasteiger partial charge in [0.2, 0.25) is 0 Å². The second kappa shape index (κ2) is 11.1. The molecule has 0 saturated carbocycles. The van der Waals surface area contributed by atoms with Crippen LogP contribution in [-0.4, -0.2) is 35.3 Å². The van der Waals surface area contributed by atoms with E-state index in [4.69, 9.17) is 10.2 Å². The molecular formula is C4H7K2O7P. The van der Waals surface area contributed by atoms with Crippen molar-refractivity contribution in [2.75, 3.05) is 6.61 Å². The summed E-state index contributed by atoms with van der Waals surface area (Å²) in [5.41, 5.74) is 0. The number of aliphatic hydroxyl groups is 2. The maximum atomic E-state index is 9.82. The third kappa shape index (κ3) is 13.0. The molecule has 2 N–H and O–H groups in total. The summed E-state index contributed by atoms with van der Waals surface area (Å²) in [6.45, 7) is -0.926. The summed E-state index contributed by atoms with van der Waals surface area (Å²) in [6.07, 6.45) is -3.47. The third-order valence-electron chi connectivity index (χ3n) is 0.937. The molecule has 7 nitrogen and oxygen atoms in total. The molecule has 0 fully saturated rings. The minimum absolute atomic E-state index is 0. The summed E-state index contributed by atoms with van der Waals surface area (Å²) in [5.74, 6) is 0. The van der Waals surface area contributed by atoms with Crippen LogP contribution < -0.4 is 113 Å². The number of carbonyl (C=O) groups is 1. The second-order valence-electron chi connectivity index (χ2n) is 1.94. The predicted molar refractivity (Wildman–Crippen MR) is 31.6 cm³/mol. The number of hydrogen-bond acceptors (Lipinski definition) is 7.